The van der Waals surface area contributed by atoms with Crippen molar-refractivity contribution in [3.63, 3.8) is 0 Å². The van der Waals surface area contributed by atoms with E-state index in [9.17, 15) is 14.0 Å². The number of benzene rings is 1. The Morgan fingerprint density at radius 2 is 1.96 bits per heavy atom. The van der Waals surface area contributed by atoms with E-state index in [1.165, 1.54) is 48.6 Å². The van der Waals surface area contributed by atoms with E-state index in [0.29, 0.717) is 5.03 Å². The topological polar surface area (TPSA) is 84.0 Å². The average molecular weight is 390 g/mol. The fraction of sp³-hybridized carbons (Fsp3) is 0.176. The standard InChI is InChI=1S/C17H15FN4O2S2/c1-19-14(23)7-20-15(24)8-25-17-16-12(21-9-22-17)6-13(26-16)10-2-4-11(18)5-3-10/h2-6,9H,7-8H2,1H3,(H,19,23)(H,20,24). The molecule has 0 bridgehead atoms. The maximum atomic E-state index is 13.1. The maximum Gasteiger partial charge on any atom is 0.239 e. The van der Waals surface area contributed by atoms with Crippen molar-refractivity contribution in [3.05, 3.63) is 42.5 Å². The van der Waals surface area contributed by atoms with Crippen LogP contribution in [0.25, 0.3) is 20.7 Å². The van der Waals surface area contributed by atoms with Crippen LogP contribution in [0.2, 0.25) is 0 Å². The van der Waals surface area contributed by atoms with E-state index in [0.717, 1.165) is 20.7 Å². The molecule has 3 rings (SSSR count). The monoisotopic (exact) mass is 390 g/mol. The zero-order valence-corrected chi connectivity index (χ0v) is 15.4. The summed E-state index contributed by atoms with van der Waals surface area (Å²) in [6.07, 6.45) is 1.45. The van der Waals surface area contributed by atoms with Crippen molar-refractivity contribution >= 4 is 45.1 Å². The summed E-state index contributed by atoms with van der Waals surface area (Å²) in [5, 5.41) is 5.68. The van der Waals surface area contributed by atoms with E-state index < -0.39 is 0 Å². The lowest BCUT2D eigenvalue weighted by molar-refractivity contribution is -0.124. The summed E-state index contributed by atoms with van der Waals surface area (Å²) < 4.78 is 14.0. The Kier molecular flexibility index (Phi) is 5.79. The third-order valence-corrected chi connectivity index (χ3v) is 5.77. The van der Waals surface area contributed by atoms with Crippen molar-refractivity contribution in [2.45, 2.75) is 5.03 Å². The van der Waals surface area contributed by atoms with Crippen molar-refractivity contribution in [3.8, 4) is 10.4 Å². The van der Waals surface area contributed by atoms with E-state index in [4.69, 9.17) is 0 Å². The van der Waals surface area contributed by atoms with Gasteiger partial charge in [0.05, 0.1) is 22.5 Å². The number of nitrogens with one attached hydrogen (secondary N) is 2. The van der Waals surface area contributed by atoms with Gasteiger partial charge in [0.15, 0.2) is 0 Å². The van der Waals surface area contributed by atoms with Gasteiger partial charge in [0.25, 0.3) is 0 Å². The van der Waals surface area contributed by atoms with Crippen LogP contribution in [0, 0.1) is 5.82 Å². The van der Waals surface area contributed by atoms with Gasteiger partial charge in [-0.2, -0.15) is 0 Å². The second kappa shape index (κ2) is 8.24. The number of rotatable bonds is 6. The van der Waals surface area contributed by atoms with Crippen LogP contribution in [-0.4, -0.2) is 41.1 Å². The lowest BCUT2D eigenvalue weighted by atomic mass is 10.2. The first-order chi connectivity index (χ1) is 12.6. The Morgan fingerprint density at radius 3 is 2.69 bits per heavy atom. The van der Waals surface area contributed by atoms with Gasteiger partial charge < -0.3 is 10.6 Å². The minimum absolute atomic E-state index is 0.0528. The summed E-state index contributed by atoms with van der Waals surface area (Å²) in [5.74, 6) is -0.642. The lowest BCUT2D eigenvalue weighted by Gasteiger charge is -2.04. The lowest BCUT2D eigenvalue weighted by Crippen LogP contribution is -2.36. The molecule has 3 aromatic rings. The van der Waals surface area contributed by atoms with Gasteiger partial charge in [-0.05, 0) is 23.8 Å². The molecule has 2 aromatic heterocycles. The highest BCUT2D eigenvalue weighted by molar-refractivity contribution is 8.00. The number of thioether (sulfide) groups is 1. The fourth-order valence-corrected chi connectivity index (χ4v) is 4.17. The highest BCUT2D eigenvalue weighted by atomic mass is 32.2. The minimum atomic E-state index is -0.284. The summed E-state index contributed by atoms with van der Waals surface area (Å²) in [7, 11) is 1.51. The molecule has 0 saturated carbocycles. The molecule has 0 saturated heterocycles. The molecule has 0 aliphatic heterocycles. The second-order valence-electron chi connectivity index (χ2n) is 5.25. The first-order valence-corrected chi connectivity index (χ1v) is 9.47. The third kappa shape index (κ3) is 4.36. The molecule has 6 nitrogen and oxygen atoms in total. The van der Waals surface area contributed by atoms with Crippen molar-refractivity contribution in [2.24, 2.45) is 0 Å². The van der Waals surface area contributed by atoms with Crippen molar-refractivity contribution in [1.29, 1.82) is 0 Å². The van der Waals surface area contributed by atoms with Gasteiger partial charge in [0.1, 0.15) is 17.2 Å². The number of halogens is 1. The van der Waals surface area contributed by atoms with E-state index >= 15 is 0 Å². The van der Waals surface area contributed by atoms with E-state index in [-0.39, 0.29) is 29.9 Å². The van der Waals surface area contributed by atoms with E-state index in [2.05, 4.69) is 20.6 Å². The number of likely N-dealkylation sites (N-methyl/N-ethyl adjacent to an activating group) is 1. The number of hydrogen-bond acceptors (Lipinski definition) is 6. The first kappa shape index (κ1) is 18.3. The number of nitrogens with zero attached hydrogens (tertiary/aromatic N) is 2. The molecule has 2 amide bonds. The Balaban J connectivity index is 1.74. The quantitative estimate of drug-likeness (QED) is 0.499. The van der Waals surface area contributed by atoms with Crippen LogP contribution in [-0.2, 0) is 9.59 Å². The van der Waals surface area contributed by atoms with Crippen LogP contribution in [0.1, 0.15) is 0 Å². The Morgan fingerprint density at radius 1 is 1.19 bits per heavy atom. The fourth-order valence-electron chi connectivity index (χ4n) is 2.14. The molecule has 0 radical (unpaired) electrons. The highest BCUT2D eigenvalue weighted by Crippen LogP contribution is 2.36. The Bertz CT molecular complexity index is 944. The van der Waals surface area contributed by atoms with Gasteiger partial charge in [-0.1, -0.05) is 23.9 Å². The molecule has 0 fully saturated rings. The summed E-state index contributed by atoms with van der Waals surface area (Å²) in [4.78, 5) is 32.5. The highest BCUT2D eigenvalue weighted by Gasteiger charge is 2.13. The molecular formula is C17H15FN4O2S2. The largest absolute Gasteiger partial charge is 0.358 e. The second-order valence-corrected chi connectivity index (χ2v) is 7.27. The molecule has 0 aliphatic carbocycles. The molecule has 0 spiro atoms. The van der Waals surface area contributed by atoms with Crippen LogP contribution in [0.4, 0.5) is 4.39 Å². The maximum absolute atomic E-state index is 13.1. The predicted octanol–water partition coefficient (Wildman–Crippen LogP) is 2.45. The summed E-state index contributed by atoms with van der Waals surface area (Å²) >= 11 is 2.78. The zero-order chi connectivity index (χ0) is 18.5. The summed E-state index contributed by atoms with van der Waals surface area (Å²) in [5.41, 5.74) is 1.67. The van der Waals surface area contributed by atoms with E-state index in [1.54, 1.807) is 12.1 Å². The SMILES string of the molecule is CNC(=O)CNC(=O)CSc1ncnc2cc(-c3ccc(F)cc3)sc12. The Hall–Kier alpha value is -2.52. The number of amides is 2. The van der Waals surface area contributed by atoms with Gasteiger partial charge in [0.2, 0.25) is 11.8 Å². The van der Waals surface area contributed by atoms with Gasteiger partial charge in [-0.25, -0.2) is 14.4 Å². The van der Waals surface area contributed by atoms with E-state index in [1.807, 2.05) is 6.07 Å². The summed E-state index contributed by atoms with van der Waals surface area (Å²) in [6, 6.07) is 8.18. The number of carbonyl (C=O) groups is 2. The van der Waals surface area contributed by atoms with Crippen LogP contribution in [0.3, 0.4) is 0 Å². The minimum Gasteiger partial charge on any atom is -0.358 e. The molecular weight excluding hydrogens is 375 g/mol. The van der Waals surface area contributed by atoms with Gasteiger partial charge >= 0.3 is 0 Å². The normalized spacial score (nSPS) is 10.7. The molecule has 26 heavy (non-hydrogen) atoms. The number of carbonyl (C=O) groups excluding carboxylic acids is 2. The smallest absolute Gasteiger partial charge is 0.239 e. The van der Waals surface area contributed by atoms with Crippen molar-refractivity contribution in [2.75, 3.05) is 19.3 Å². The number of fused-ring (bicyclic) bond motifs is 1. The van der Waals surface area contributed by atoms with Gasteiger partial charge in [-0.3, -0.25) is 9.59 Å². The number of aromatic nitrogens is 2. The molecule has 2 N–H and O–H groups in total. The van der Waals surface area contributed by atoms with Crippen molar-refractivity contribution in [1.82, 2.24) is 20.6 Å². The molecule has 2 heterocycles. The molecule has 0 aliphatic rings. The molecule has 134 valence electrons. The average Bonchev–Trinajstić information content (AvgIpc) is 3.09. The summed E-state index contributed by atoms with van der Waals surface area (Å²) in [6.45, 7) is -0.0528. The van der Waals surface area contributed by atoms with Gasteiger partial charge in [0, 0.05) is 11.9 Å². The Labute approximate surface area is 157 Å². The van der Waals surface area contributed by atoms with Gasteiger partial charge in [-0.15, -0.1) is 11.3 Å². The first-order valence-electron chi connectivity index (χ1n) is 7.67. The molecule has 0 atom stereocenters. The number of thiophene rings is 1. The molecule has 9 heteroatoms. The predicted molar refractivity (Wildman–Crippen MR) is 101 cm³/mol. The zero-order valence-electron chi connectivity index (χ0n) is 13.8. The van der Waals surface area contributed by atoms with Crippen molar-refractivity contribution < 1.29 is 14.0 Å². The molecule has 0 unspecified atom stereocenters. The number of hydrogen-bond donors (Lipinski definition) is 2. The van der Waals surface area contributed by atoms with Crippen LogP contribution in [0.5, 0.6) is 0 Å². The molecule has 1 aromatic carbocycles. The van der Waals surface area contributed by atoms with Crippen LogP contribution in [0.15, 0.2) is 41.7 Å². The van der Waals surface area contributed by atoms with Crippen LogP contribution >= 0.6 is 23.1 Å². The van der Waals surface area contributed by atoms with Crippen LogP contribution < -0.4 is 10.6 Å². The third-order valence-electron chi connectivity index (χ3n) is 3.47.